The highest BCUT2D eigenvalue weighted by atomic mass is 35.5. The van der Waals surface area contributed by atoms with Crippen molar-refractivity contribution < 1.29 is 0 Å². The number of rotatable bonds is 5. The number of benzene rings is 1. The normalized spacial score (nSPS) is 27.0. The summed E-state index contributed by atoms with van der Waals surface area (Å²) in [5, 5.41) is 4.48. The largest absolute Gasteiger partial charge is 0.353 e. The Morgan fingerprint density at radius 1 is 1.38 bits per heavy atom. The maximum atomic E-state index is 6.12. The van der Waals surface area contributed by atoms with Gasteiger partial charge in [-0.25, -0.2) is 0 Å². The van der Waals surface area contributed by atoms with Gasteiger partial charge in [0.25, 0.3) is 0 Å². The van der Waals surface area contributed by atoms with E-state index in [1.165, 1.54) is 12.0 Å². The number of nitrogens with zero attached hydrogens (tertiary/aromatic N) is 3. The predicted molar refractivity (Wildman–Crippen MR) is 102 cm³/mol. The van der Waals surface area contributed by atoms with Gasteiger partial charge in [-0.3, -0.25) is 9.89 Å². The fourth-order valence-corrected chi connectivity index (χ4v) is 4.09. The molecule has 0 radical (unpaired) electrons. The molecule has 0 amide bonds. The van der Waals surface area contributed by atoms with Crippen LogP contribution in [-0.4, -0.2) is 61.1 Å². The van der Waals surface area contributed by atoms with Crippen molar-refractivity contribution >= 4 is 17.6 Å². The van der Waals surface area contributed by atoms with E-state index in [1.807, 2.05) is 19.2 Å². The first-order valence-electron chi connectivity index (χ1n) is 9.14. The number of hydrogen-bond donors (Lipinski definition) is 1. The van der Waals surface area contributed by atoms with E-state index in [-0.39, 0.29) is 0 Å². The number of likely N-dealkylation sites (tertiary alicyclic amines) is 1. The lowest BCUT2D eigenvalue weighted by atomic mass is 10.1. The third-order valence-corrected chi connectivity index (χ3v) is 5.62. The molecule has 2 fully saturated rings. The van der Waals surface area contributed by atoms with Gasteiger partial charge in [0, 0.05) is 43.2 Å². The second kappa shape index (κ2) is 7.75. The summed E-state index contributed by atoms with van der Waals surface area (Å²) in [7, 11) is 1.89. The molecule has 3 rings (SSSR count). The molecule has 0 aromatic heterocycles. The lowest BCUT2D eigenvalue weighted by Gasteiger charge is -2.27. The van der Waals surface area contributed by atoms with Crippen molar-refractivity contribution in [2.75, 3.05) is 33.2 Å². The van der Waals surface area contributed by atoms with E-state index < -0.39 is 0 Å². The maximum absolute atomic E-state index is 6.12. The minimum atomic E-state index is 0.481. The summed E-state index contributed by atoms with van der Waals surface area (Å²) in [6.45, 7) is 8.92. The van der Waals surface area contributed by atoms with E-state index in [1.54, 1.807) is 0 Å². The number of nitrogens with one attached hydrogen (secondary N) is 1. The molecule has 1 heterocycles. The van der Waals surface area contributed by atoms with Crippen LogP contribution in [0.15, 0.2) is 29.3 Å². The molecule has 2 aliphatic rings. The summed E-state index contributed by atoms with van der Waals surface area (Å²) in [6.07, 6.45) is 2.39. The van der Waals surface area contributed by atoms with Crippen LogP contribution in [0.25, 0.3) is 0 Å². The van der Waals surface area contributed by atoms with E-state index in [4.69, 9.17) is 11.6 Å². The lowest BCUT2D eigenvalue weighted by Crippen LogP contribution is -2.44. The average molecular weight is 349 g/mol. The second-order valence-corrected chi connectivity index (χ2v) is 7.24. The minimum absolute atomic E-state index is 0.481. The van der Waals surface area contributed by atoms with Gasteiger partial charge in [-0.05, 0) is 43.6 Å². The number of likely N-dealkylation sites (N-methyl/N-ethyl adjacent to an activating group) is 1. The molecule has 132 valence electrons. The minimum Gasteiger partial charge on any atom is -0.353 e. The van der Waals surface area contributed by atoms with Crippen LogP contribution in [0.3, 0.4) is 0 Å². The quantitative estimate of drug-likeness (QED) is 0.655. The molecular formula is C19H29ClN4. The third kappa shape index (κ3) is 3.86. The molecule has 5 heteroatoms. The topological polar surface area (TPSA) is 30.9 Å². The highest BCUT2D eigenvalue weighted by Gasteiger charge is 2.40. The van der Waals surface area contributed by atoms with Crippen LogP contribution in [0, 0.1) is 0 Å². The maximum Gasteiger partial charge on any atom is 0.193 e. The van der Waals surface area contributed by atoms with Crippen molar-refractivity contribution in [3.63, 3.8) is 0 Å². The van der Waals surface area contributed by atoms with E-state index in [0.29, 0.717) is 18.0 Å². The van der Waals surface area contributed by atoms with Crippen molar-refractivity contribution in [3.8, 4) is 0 Å². The zero-order valence-corrected chi connectivity index (χ0v) is 15.8. The van der Waals surface area contributed by atoms with Crippen molar-refractivity contribution in [2.45, 2.75) is 44.7 Å². The standard InChI is InChI=1S/C19H29ClN4/c1-4-23(5-2)16-9-10-24(13-16)19(21-3)22-18-12-17(18)14-7-6-8-15(20)11-14/h6-8,11,16-18H,4-5,9-10,12-13H2,1-3H3,(H,21,22). The first kappa shape index (κ1) is 17.6. The molecule has 1 saturated carbocycles. The predicted octanol–water partition coefficient (Wildman–Crippen LogP) is 3.19. The van der Waals surface area contributed by atoms with Gasteiger partial charge in [-0.1, -0.05) is 37.6 Å². The summed E-state index contributed by atoms with van der Waals surface area (Å²) >= 11 is 6.12. The van der Waals surface area contributed by atoms with Crippen LogP contribution in [0.5, 0.6) is 0 Å². The first-order valence-corrected chi connectivity index (χ1v) is 9.51. The fourth-order valence-electron chi connectivity index (χ4n) is 3.90. The number of halogens is 1. The Hall–Kier alpha value is -1.26. The SMILES string of the molecule is CCN(CC)C1CCN(C(=NC)NC2CC2c2cccc(Cl)c2)C1. The highest BCUT2D eigenvalue weighted by molar-refractivity contribution is 6.30. The molecule has 0 spiro atoms. The zero-order valence-electron chi connectivity index (χ0n) is 15.0. The highest BCUT2D eigenvalue weighted by Crippen LogP contribution is 2.41. The van der Waals surface area contributed by atoms with E-state index >= 15 is 0 Å². The molecule has 1 aromatic carbocycles. The molecule has 1 N–H and O–H groups in total. The van der Waals surface area contributed by atoms with Crippen LogP contribution in [0.4, 0.5) is 0 Å². The first-order chi connectivity index (χ1) is 11.7. The zero-order chi connectivity index (χ0) is 17.1. The summed E-state index contributed by atoms with van der Waals surface area (Å²) in [5.41, 5.74) is 1.33. The molecule has 3 atom stereocenters. The van der Waals surface area contributed by atoms with Crippen LogP contribution >= 0.6 is 11.6 Å². The summed E-state index contributed by atoms with van der Waals surface area (Å²) in [6, 6.07) is 9.37. The van der Waals surface area contributed by atoms with Crippen molar-refractivity contribution in [3.05, 3.63) is 34.9 Å². The van der Waals surface area contributed by atoms with Gasteiger partial charge in [0.15, 0.2) is 5.96 Å². The molecule has 0 bridgehead atoms. The van der Waals surface area contributed by atoms with Crippen LogP contribution in [-0.2, 0) is 0 Å². The van der Waals surface area contributed by atoms with Gasteiger partial charge < -0.3 is 10.2 Å². The molecule has 3 unspecified atom stereocenters. The van der Waals surface area contributed by atoms with Crippen molar-refractivity contribution in [2.24, 2.45) is 4.99 Å². The molecule has 4 nitrogen and oxygen atoms in total. The van der Waals surface area contributed by atoms with Crippen LogP contribution in [0.2, 0.25) is 5.02 Å². The van der Waals surface area contributed by atoms with E-state index in [2.05, 4.69) is 46.1 Å². The molecule has 1 saturated heterocycles. The van der Waals surface area contributed by atoms with Crippen LogP contribution in [0.1, 0.15) is 38.2 Å². The van der Waals surface area contributed by atoms with Gasteiger partial charge >= 0.3 is 0 Å². The number of aliphatic imine (C=N–C) groups is 1. The lowest BCUT2D eigenvalue weighted by molar-refractivity contribution is 0.223. The molecule has 1 aliphatic heterocycles. The van der Waals surface area contributed by atoms with E-state index in [9.17, 15) is 0 Å². The summed E-state index contributed by atoms with van der Waals surface area (Å²) in [5.74, 6) is 1.61. The van der Waals surface area contributed by atoms with Gasteiger partial charge in [0.1, 0.15) is 0 Å². The Labute approximate surface area is 150 Å². The third-order valence-electron chi connectivity index (χ3n) is 5.39. The Kier molecular flexibility index (Phi) is 5.67. The van der Waals surface area contributed by atoms with Crippen molar-refractivity contribution in [1.82, 2.24) is 15.1 Å². The second-order valence-electron chi connectivity index (χ2n) is 6.80. The van der Waals surface area contributed by atoms with Gasteiger partial charge in [-0.15, -0.1) is 0 Å². The number of guanidine groups is 1. The summed E-state index contributed by atoms with van der Waals surface area (Å²) < 4.78 is 0. The number of hydrogen-bond acceptors (Lipinski definition) is 2. The molecule has 24 heavy (non-hydrogen) atoms. The molecule has 1 aromatic rings. The van der Waals surface area contributed by atoms with Gasteiger partial charge in [0.2, 0.25) is 0 Å². The average Bonchev–Trinajstić information content (AvgIpc) is 3.20. The smallest absolute Gasteiger partial charge is 0.193 e. The Bertz CT molecular complexity index is 584. The Morgan fingerprint density at radius 2 is 2.17 bits per heavy atom. The molecule has 1 aliphatic carbocycles. The fraction of sp³-hybridized carbons (Fsp3) is 0.632. The van der Waals surface area contributed by atoms with E-state index in [0.717, 1.165) is 43.6 Å². The monoisotopic (exact) mass is 348 g/mol. The van der Waals surface area contributed by atoms with Crippen LogP contribution < -0.4 is 5.32 Å². The Morgan fingerprint density at radius 3 is 2.83 bits per heavy atom. The van der Waals surface area contributed by atoms with Gasteiger partial charge in [0.05, 0.1) is 0 Å². The van der Waals surface area contributed by atoms with Crippen molar-refractivity contribution in [1.29, 1.82) is 0 Å². The molecular weight excluding hydrogens is 320 g/mol. The van der Waals surface area contributed by atoms with Gasteiger partial charge in [-0.2, -0.15) is 0 Å². The summed E-state index contributed by atoms with van der Waals surface area (Å²) in [4.78, 5) is 9.50. The Balaban J connectivity index is 1.55.